The van der Waals surface area contributed by atoms with Gasteiger partial charge in [-0.25, -0.2) is 4.98 Å². The van der Waals surface area contributed by atoms with Gasteiger partial charge in [-0.3, -0.25) is 0 Å². The summed E-state index contributed by atoms with van der Waals surface area (Å²) in [5.41, 5.74) is 2.29. The van der Waals surface area contributed by atoms with Gasteiger partial charge in [-0.2, -0.15) is 0 Å². The fourth-order valence-electron chi connectivity index (χ4n) is 3.16. The number of nitrogens with zero attached hydrogens (tertiary/aromatic N) is 2. The van der Waals surface area contributed by atoms with Crippen molar-refractivity contribution in [3.63, 3.8) is 0 Å². The predicted octanol–water partition coefficient (Wildman–Crippen LogP) is 2.55. The average molecular weight is 265 g/mol. The normalized spacial score (nSPS) is 23.1. The van der Waals surface area contributed by atoms with Crippen LogP contribution in [0.2, 0.25) is 0 Å². The standard InChI is InChI=1S/C13H19N3OS/c1-16-12-10(6-7-14-11(12)8-17-18)15-13(16)9-4-2-3-5-9/h6-7,9,11,14,18H,2-5,8H2,1H3. The second-order valence-corrected chi connectivity index (χ2v) is 5.39. The minimum atomic E-state index is 0.148. The van der Waals surface area contributed by atoms with Crippen molar-refractivity contribution < 1.29 is 4.18 Å². The van der Waals surface area contributed by atoms with Gasteiger partial charge in [-0.05, 0) is 38.0 Å². The first-order valence-corrected chi connectivity index (χ1v) is 6.93. The van der Waals surface area contributed by atoms with E-state index in [1.165, 1.54) is 37.2 Å². The minimum absolute atomic E-state index is 0.148. The molecule has 1 aliphatic heterocycles. The topological polar surface area (TPSA) is 39.1 Å². The molecule has 1 saturated carbocycles. The number of aromatic nitrogens is 2. The van der Waals surface area contributed by atoms with Crippen molar-refractivity contribution in [1.29, 1.82) is 0 Å². The lowest BCUT2D eigenvalue weighted by Gasteiger charge is -2.21. The number of fused-ring (bicyclic) bond motifs is 1. The zero-order chi connectivity index (χ0) is 12.5. The van der Waals surface area contributed by atoms with Gasteiger partial charge < -0.3 is 14.1 Å². The summed E-state index contributed by atoms with van der Waals surface area (Å²) in [5.74, 6) is 1.86. The summed E-state index contributed by atoms with van der Waals surface area (Å²) in [5, 5.41) is 3.31. The molecule has 1 atom stereocenters. The third kappa shape index (κ3) is 1.95. The van der Waals surface area contributed by atoms with Crippen LogP contribution in [-0.4, -0.2) is 16.2 Å². The van der Waals surface area contributed by atoms with E-state index in [9.17, 15) is 0 Å². The lowest BCUT2D eigenvalue weighted by atomic mass is 10.1. The molecule has 0 radical (unpaired) electrons. The van der Waals surface area contributed by atoms with Gasteiger partial charge in [-0.15, -0.1) is 0 Å². The molecule has 1 unspecified atom stereocenters. The van der Waals surface area contributed by atoms with E-state index in [1.54, 1.807) is 0 Å². The van der Waals surface area contributed by atoms with Gasteiger partial charge in [0.25, 0.3) is 0 Å². The van der Waals surface area contributed by atoms with E-state index < -0.39 is 0 Å². The van der Waals surface area contributed by atoms with Crippen LogP contribution in [0.4, 0.5) is 0 Å². The van der Waals surface area contributed by atoms with E-state index in [0.29, 0.717) is 12.5 Å². The molecule has 0 aromatic carbocycles. The number of hydrogen-bond acceptors (Lipinski definition) is 4. The van der Waals surface area contributed by atoms with Gasteiger partial charge in [0.1, 0.15) is 5.82 Å². The number of imidazole rings is 1. The van der Waals surface area contributed by atoms with Crippen molar-refractivity contribution >= 4 is 19.0 Å². The van der Waals surface area contributed by atoms with E-state index in [2.05, 4.69) is 29.8 Å². The molecule has 1 fully saturated rings. The Labute approximate surface area is 113 Å². The van der Waals surface area contributed by atoms with Crippen molar-refractivity contribution in [3.05, 3.63) is 23.4 Å². The van der Waals surface area contributed by atoms with Gasteiger partial charge in [-0.1, -0.05) is 12.8 Å². The molecule has 2 aliphatic rings. The maximum Gasteiger partial charge on any atom is 0.112 e. The maximum absolute atomic E-state index is 4.98. The van der Waals surface area contributed by atoms with Crippen LogP contribution in [0.25, 0.3) is 6.08 Å². The van der Waals surface area contributed by atoms with Crippen molar-refractivity contribution in [2.75, 3.05) is 6.61 Å². The highest BCUT2D eigenvalue weighted by atomic mass is 32.1. The first-order chi connectivity index (χ1) is 8.81. The summed E-state index contributed by atoms with van der Waals surface area (Å²) >= 11 is 3.86. The van der Waals surface area contributed by atoms with Crippen molar-refractivity contribution in [1.82, 2.24) is 14.9 Å². The maximum atomic E-state index is 4.98. The van der Waals surface area contributed by atoms with Crippen LogP contribution >= 0.6 is 12.9 Å². The van der Waals surface area contributed by atoms with E-state index in [0.717, 1.165) is 5.69 Å². The molecule has 2 heterocycles. The van der Waals surface area contributed by atoms with Gasteiger partial charge in [0.05, 0.1) is 24.0 Å². The largest absolute Gasteiger partial charge is 0.380 e. The van der Waals surface area contributed by atoms with E-state index >= 15 is 0 Å². The fourth-order valence-corrected chi connectivity index (χ4v) is 3.31. The molecule has 98 valence electrons. The highest BCUT2D eigenvalue weighted by molar-refractivity contribution is 7.75. The predicted molar refractivity (Wildman–Crippen MR) is 74.3 cm³/mol. The summed E-state index contributed by atoms with van der Waals surface area (Å²) in [6.45, 7) is 0.546. The number of thiol groups is 1. The molecule has 0 spiro atoms. The van der Waals surface area contributed by atoms with Crippen LogP contribution in [0, 0.1) is 0 Å². The average Bonchev–Trinajstić information content (AvgIpc) is 2.98. The number of rotatable bonds is 3. The molecule has 5 heteroatoms. The van der Waals surface area contributed by atoms with E-state index in [-0.39, 0.29) is 6.04 Å². The van der Waals surface area contributed by atoms with Crippen LogP contribution in [0.5, 0.6) is 0 Å². The van der Waals surface area contributed by atoms with Crippen LogP contribution in [-0.2, 0) is 11.2 Å². The first-order valence-electron chi connectivity index (χ1n) is 6.56. The second kappa shape index (κ2) is 4.97. The molecule has 1 N–H and O–H groups in total. The van der Waals surface area contributed by atoms with Gasteiger partial charge in [0.2, 0.25) is 0 Å². The molecule has 1 aromatic rings. The summed E-state index contributed by atoms with van der Waals surface area (Å²) in [4.78, 5) is 4.82. The molecule has 0 amide bonds. The summed E-state index contributed by atoms with van der Waals surface area (Å²) in [6, 6.07) is 0.148. The SMILES string of the molecule is Cn1c(C2CCCC2)nc2c1C(COS)NC=C2. The Morgan fingerprint density at radius 1 is 1.50 bits per heavy atom. The Balaban J connectivity index is 1.97. The Bertz CT molecular complexity index is 463. The second-order valence-electron chi connectivity index (χ2n) is 5.13. The summed E-state index contributed by atoms with van der Waals surface area (Å²) in [7, 11) is 2.12. The summed E-state index contributed by atoms with van der Waals surface area (Å²) in [6.07, 6.45) is 9.20. The molecule has 4 nitrogen and oxygen atoms in total. The zero-order valence-corrected chi connectivity index (χ0v) is 11.5. The van der Waals surface area contributed by atoms with E-state index in [1.807, 2.05) is 12.3 Å². The fraction of sp³-hybridized carbons (Fsp3) is 0.615. The lowest BCUT2D eigenvalue weighted by Crippen LogP contribution is -2.25. The molecule has 1 aliphatic carbocycles. The van der Waals surface area contributed by atoms with Crippen LogP contribution in [0.15, 0.2) is 6.20 Å². The highest BCUT2D eigenvalue weighted by Crippen LogP contribution is 2.36. The Morgan fingerprint density at radius 3 is 3.00 bits per heavy atom. The van der Waals surface area contributed by atoms with Crippen molar-refractivity contribution in [2.45, 2.75) is 37.6 Å². The van der Waals surface area contributed by atoms with E-state index in [4.69, 9.17) is 9.17 Å². The summed E-state index contributed by atoms with van der Waals surface area (Å²) < 4.78 is 7.23. The van der Waals surface area contributed by atoms with Crippen molar-refractivity contribution in [2.24, 2.45) is 7.05 Å². The van der Waals surface area contributed by atoms with Crippen LogP contribution < -0.4 is 5.32 Å². The smallest absolute Gasteiger partial charge is 0.112 e. The van der Waals surface area contributed by atoms with Gasteiger partial charge in [0, 0.05) is 13.0 Å². The first kappa shape index (κ1) is 12.1. The minimum Gasteiger partial charge on any atom is -0.380 e. The molecule has 3 rings (SSSR count). The molecule has 1 aromatic heterocycles. The number of hydrogen-bond donors (Lipinski definition) is 2. The Kier molecular flexibility index (Phi) is 3.35. The molecule has 0 bridgehead atoms. The Morgan fingerprint density at radius 2 is 2.28 bits per heavy atom. The molecular weight excluding hydrogens is 246 g/mol. The zero-order valence-electron chi connectivity index (χ0n) is 10.6. The molecular formula is C13H19N3OS. The van der Waals surface area contributed by atoms with Crippen LogP contribution in [0.3, 0.4) is 0 Å². The molecule has 18 heavy (non-hydrogen) atoms. The lowest BCUT2D eigenvalue weighted by molar-refractivity contribution is 0.318. The highest BCUT2D eigenvalue weighted by Gasteiger charge is 2.28. The Hall–Kier alpha value is -0.940. The number of nitrogens with one attached hydrogen (secondary N) is 1. The third-order valence-electron chi connectivity index (χ3n) is 4.03. The van der Waals surface area contributed by atoms with Gasteiger partial charge >= 0.3 is 0 Å². The van der Waals surface area contributed by atoms with Gasteiger partial charge in [0.15, 0.2) is 0 Å². The van der Waals surface area contributed by atoms with Crippen molar-refractivity contribution in [3.8, 4) is 0 Å². The quantitative estimate of drug-likeness (QED) is 0.651. The van der Waals surface area contributed by atoms with Crippen LogP contribution in [0.1, 0.15) is 54.9 Å². The molecule has 0 saturated heterocycles. The monoisotopic (exact) mass is 265 g/mol. The third-order valence-corrected chi connectivity index (χ3v) is 4.18.